The first-order chi connectivity index (χ1) is 8.51. The number of nitrogens with one attached hydrogen (secondary N) is 1. The number of anilines is 1. The lowest BCUT2D eigenvalue weighted by atomic mass is 9.90. The molecule has 0 atom stereocenters. The molecule has 1 fully saturated rings. The second-order valence-electron chi connectivity index (χ2n) is 4.35. The summed E-state index contributed by atoms with van der Waals surface area (Å²) in [5.41, 5.74) is 6.05. The molecule has 1 saturated heterocycles. The molecule has 3 N–H and O–H groups in total. The van der Waals surface area contributed by atoms with Crippen molar-refractivity contribution in [2.45, 2.75) is 18.4 Å². The normalized spacial score (nSPS) is 18.4. The third kappa shape index (κ3) is 3.23. The number of carbonyl (C=O) groups excluding carboxylic acids is 1. The highest BCUT2D eigenvalue weighted by Crippen LogP contribution is 2.25. The molecule has 0 unspecified atom stereocenters. The van der Waals surface area contributed by atoms with E-state index >= 15 is 0 Å². The Balaban J connectivity index is 2.08. The molecule has 0 radical (unpaired) electrons. The van der Waals surface area contributed by atoms with Crippen LogP contribution in [0.15, 0.2) is 22.7 Å². The highest BCUT2D eigenvalue weighted by atomic mass is 127. The van der Waals surface area contributed by atoms with Crippen LogP contribution in [0.2, 0.25) is 0 Å². The molecule has 0 spiro atoms. The topological polar surface area (TPSA) is 64.4 Å². The average Bonchev–Trinajstić information content (AvgIpc) is 2.35. The Morgan fingerprint density at radius 2 is 2.11 bits per heavy atom. The molecule has 2 rings (SSSR count). The third-order valence-electron chi connectivity index (χ3n) is 3.01. The number of halogens is 2. The Hall–Kier alpha value is -0.180. The Bertz CT molecular complexity index is 461. The summed E-state index contributed by atoms with van der Waals surface area (Å²) in [4.78, 5) is 12.2. The van der Waals surface area contributed by atoms with Crippen LogP contribution >= 0.6 is 38.5 Å². The Labute approximate surface area is 128 Å². The second-order valence-corrected chi connectivity index (χ2v) is 6.37. The lowest BCUT2D eigenvalue weighted by molar-refractivity contribution is -0.124. The fourth-order valence-corrected chi connectivity index (χ4v) is 2.51. The van der Waals surface area contributed by atoms with Crippen molar-refractivity contribution in [3.63, 3.8) is 0 Å². The maximum Gasteiger partial charge on any atom is 0.244 e. The van der Waals surface area contributed by atoms with Crippen molar-refractivity contribution in [2.24, 2.45) is 5.73 Å². The number of rotatable bonds is 2. The first-order valence-electron chi connectivity index (χ1n) is 5.64. The molecule has 1 aliphatic rings. The minimum atomic E-state index is -0.812. The number of hydrogen-bond acceptors (Lipinski definition) is 3. The molecule has 1 amide bonds. The summed E-state index contributed by atoms with van der Waals surface area (Å²) < 4.78 is 7.29. The molecule has 18 heavy (non-hydrogen) atoms. The van der Waals surface area contributed by atoms with E-state index in [1.54, 1.807) is 0 Å². The van der Waals surface area contributed by atoms with Gasteiger partial charge in [0.2, 0.25) is 5.91 Å². The van der Waals surface area contributed by atoms with Gasteiger partial charge in [0.1, 0.15) is 5.54 Å². The summed E-state index contributed by atoms with van der Waals surface area (Å²) in [5, 5.41) is 2.87. The van der Waals surface area contributed by atoms with E-state index in [2.05, 4.69) is 43.8 Å². The zero-order chi connectivity index (χ0) is 13.2. The summed E-state index contributed by atoms with van der Waals surface area (Å²) in [6.07, 6.45) is 1.12. The lowest BCUT2D eigenvalue weighted by Gasteiger charge is -2.31. The molecule has 0 saturated carbocycles. The highest BCUT2D eigenvalue weighted by molar-refractivity contribution is 14.1. The van der Waals surface area contributed by atoms with Crippen LogP contribution in [-0.2, 0) is 9.53 Å². The number of hydrogen-bond donors (Lipinski definition) is 2. The van der Waals surface area contributed by atoms with E-state index in [-0.39, 0.29) is 5.91 Å². The maximum absolute atomic E-state index is 12.2. The minimum Gasteiger partial charge on any atom is -0.381 e. The fraction of sp³-hybridized carbons (Fsp3) is 0.417. The van der Waals surface area contributed by atoms with Crippen molar-refractivity contribution in [1.82, 2.24) is 0 Å². The van der Waals surface area contributed by atoms with Gasteiger partial charge in [-0.05, 0) is 69.6 Å². The third-order valence-corrected chi connectivity index (χ3v) is 5.35. The molecule has 1 heterocycles. The van der Waals surface area contributed by atoms with Crippen molar-refractivity contribution in [1.29, 1.82) is 0 Å². The van der Waals surface area contributed by atoms with Crippen LogP contribution in [0.1, 0.15) is 12.8 Å². The van der Waals surface area contributed by atoms with Gasteiger partial charge in [-0.3, -0.25) is 4.79 Å². The van der Waals surface area contributed by atoms with E-state index < -0.39 is 5.54 Å². The highest BCUT2D eigenvalue weighted by Gasteiger charge is 2.35. The summed E-state index contributed by atoms with van der Waals surface area (Å²) in [6, 6.07) is 5.68. The Morgan fingerprint density at radius 1 is 1.44 bits per heavy atom. The van der Waals surface area contributed by atoms with E-state index in [0.717, 1.165) is 13.7 Å². The van der Waals surface area contributed by atoms with Gasteiger partial charge in [-0.1, -0.05) is 0 Å². The molecule has 0 aliphatic carbocycles. The van der Waals surface area contributed by atoms with Gasteiger partial charge in [-0.15, -0.1) is 0 Å². The Morgan fingerprint density at radius 3 is 2.72 bits per heavy atom. The second kappa shape index (κ2) is 5.85. The molecule has 1 aliphatic heterocycles. The molecule has 6 heteroatoms. The van der Waals surface area contributed by atoms with Gasteiger partial charge in [0.15, 0.2) is 0 Å². The first kappa shape index (κ1) is 14.2. The molecule has 0 bridgehead atoms. The average molecular weight is 425 g/mol. The van der Waals surface area contributed by atoms with Crippen LogP contribution < -0.4 is 11.1 Å². The maximum atomic E-state index is 12.2. The van der Waals surface area contributed by atoms with Crippen molar-refractivity contribution >= 4 is 50.1 Å². The minimum absolute atomic E-state index is 0.140. The fourth-order valence-electron chi connectivity index (χ4n) is 1.79. The van der Waals surface area contributed by atoms with E-state index in [1.807, 2.05) is 18.2 Å². The summed E-state index contributed by atoms with van der Waals surface area (Å²) in [7, 11) is 0. The van der Waals surface area contributed by atoms with Crippen molar-refractivity contribution in [3.05, 3.63) is 26.2 Å². The van der Waals surface area contributed by atoms with Gasteiger partial charge >= 0.3 is 0 Å². The summed E-state index contributed by atoms with van der Waals surface area (Å²) in [6.45, 7) is 1.08. The van der Waals surface area contributed by atoms with Gasteiger partial charge in [0.25, 0.3) is 0 Å². The van der Waals surface area contributed by atoms with E-state index in [9.17, 15) is 4.79 Å². The lowest BCUT2D eigenvalue weighted by Crippen LogP contribution is -2.54. The SMILES string of the molecule is NC1(C(=O)Nc2ccc(I)c(Br)c2)CCOCC1. The summed E-state index contributed by atoms with van der Waals surface area (Å²) >= 11 is 5.66. The molecule has 1 aromatic rings. The van der Waals surface area contributed by atoms with Crippen LogP contribution in [0, 0.1) is 3.57 Å². The largest absolute Gasteiger partial charge is 0.381 e. The molecule has 0 aromatic heterocycles. The molecule has 4 nitrogen and oxygen atoms in total. The van der Waals surface area contributed by atoms with Crippen LogP contribution in [0.3, 0.4) is 0 Å². The van der Waals surface area contributed by atoms with Crippen LogP contribution in [0.4, 0.5) is 5.69 Å². The van der Waals surface area contributed by atoms with Crippen LogP contribution in [0.25, 0.3) is 0 Å². The van der Waals surface area contributed by atoms with Gasteiger partial charge in [-0.2, -0.15) is 0 Å². The standard InChI is InChI=1S/C12H14BrIN2O2/c13-9-7-8(1-2-10(9)14)16-11(17)12(15)3-5-18-6-4-12/h1-2,7H,3-6,15H2,(H,16,17). The van der Waals surface area contributed by atoms with Crippen molar-refractivity contribution in [2.75, 3.05) is 18.5 Å². The first-order valence-corrected chi connectivity index (χ1v) is 7.52. The van der Waals surface area contributed by atoms with E-state index in [1.165, 1.54) is 0 Å². The monoisotopic (exact) mass is 424 g/mol. The molecule has 1 aromatic carbocycles. The molecular weight excluding hydrogens is 411 g/mol. The smallest absolute Gasteiger partial charge is 0.244 e. The van der Waals surface area contributed by atoms with E-state index in [0.29, 0.717) is 26.1 Å². The number of benzene rings is 1. The van der Waals surface area contributed by atoms with Crippen LogP contribution in [-0.4, -0.2) is 24.7 Å². The molecular formula is C12H14BrIN2O2. The van der Waals surface area contributed by atoms with Gasteiger partial charge < -0.3 is 15.8 Å². The predicted molar refractivity (Wildman–Crippen MR) is 82.5 cm³/mol. The van der Waals surface area contributed by atoms with Gasteiger partial charge in [0, 0.05) is 26.9 Å². The van der Waals surface area contributed by atoms with E-state index in [4.69, 9.17) is 10.5 Å². The zero-order valence-corrected chi connectivity index (χ0v) is 13.5. The number of carbonyl (C=O) groups is 1. The zero-order valence-electron chi connectivity index (χ0n) is 9.71. The van der Waals surface area contributed by atoms with Gasteiger partial charge in [0.05, 0.1) is 0 Å². The number of ether oxygens (including phenoxy) is 1. The van der Waals surface area contributed by atoms with Crippen molar-refractivity contribution < 1.29 is 9.53 Å². The molecule has 98 valence electrons. The predicted octanol–water partition coefficient (Wildman–Crippen LogP) is 2.50. The van der Waals surface area contributed by atoms with Gasteiger partial charge in [-0.25, -0.2) is 0 Å². The number of nitrogens with two attached hydrogens (primary N) is 1. The quantitative estimate of drug-likeness (QED) is 0.717. The Kier molecular flexibility index (Phi) is 4.63. The summed E-state index contributed by atoms with van der Waals surface area (Å²) in [5.74, 6) is -0.140. The van der Waals surface area contributed by atoms with Crippen LogP contribution in [0.5, 0.6) is 0 Å². The van der Waals surface area contributed by atoms with Crippen molar-refractivity contribution in [3.8, 4) is 0 Å². The number of amides is 1.